The quantitative estimate of drug-likeness (QED) is 0.761. The maximum Gasteiger partial charge on any atom is 0.167 e. The highest BCUT2D eigenvalue weighted by atomic mass is 79.9. The maximum absolute atomic E-state index is 12.0. The molecule has 0 radical (unpaired) electrons. The van der Waals surface area contributed by atoms with Crippen molar-refractivity contribution in [2.24, 2.45) is 0 Å². The Morgan fingerprint density at radius 2 is 1.71 bits per heavy atom. The van der Waals surface area contributed by atoms with Crippen molar-refractivity contribution < 1.29 is 4.79 Å². The molecule has 0 unspecified atom stereocenters. The summed E-state index contributed by atoms with van der Waals surface area (Å²) >= 11 is 9.36. The number of benzene rings is 2. The van der Waals surface area contributed by atoms with Gasteiger partial charge in [-0.15, -0.1) is 0 Å². The second kappa shape index (κ2) is 5.48. The van der Waals surface area contributed by atoms with E-state index in [2.05, 4.69) is 15.9 Å². The van der Waals surface area contributed by atoms with E-state index in [0.717, 1.165) is 10.0 Å². The van der Waals surface area contributed by atoms with Crippen molar-refractivity contribution in [3.63, 3.8) is 0 Å². The van der Waals surface area contributed by atoms with Gasteiger partial charge in [-0.1, -0.05) is 57.9 Å². The minimum atomic E-state index is 0.0746. The molecule has 2 aromatic carbocycles. The van der Waals surface area contributed by atoms with Gasteiger partial charge >= 0.3 is 0 Å². The molecule has 1 nitrogen and oxygen atoms in total. The van der Waals surface area contributed by atoms with E-state index in [0.29, 0.717) is 17.0 Å². The molecule has 0 heterocycles. The third kappa shape index (κ3) is 3.18. The smallest absolute Gasteiger partial charge is 0.167 e. The van der Waals surface area contributed by atoms with Gasteiger partial charge in [0, 0.05) is 21.5 Å². The van der Waals surface area contributed by atoms with Crippen LogP contribution in [0.1, 0.15) is 15.9 Å². The summed E-state index contributed by atoms with van der Waals surface area (Å²) in [5, 5.41) is 0.637. The summed E-state index contributed by atoms with van der Waals surface area (Å²) in [6.45, 7) is 0. The standard InChI is InChI=1S/C14H10BrClO/c15-12-7-5-10(6-8-12)14(17)9-11-3-1-2-4-13(11)16/h1-8H,9H2. The second-order valence-electron chi connectivity index (χ2n) is 3.70. The SMILES string of the molecule is O=C(Cc1ccccc1Cl)c1ccc(Br)cc1. The molecule has 0 atom stereocenters. The van der Waals surface area contributed by atoms with Crippen LogP contribution in [-0.4, -0.2) is 5.78 Å². The molecule has 86 valence electrons. The molecule has 0 saturated carbocycles. The lowest BCUT2D eigenvalue weighted by atomic mass is 10.0. The third-order valence-corrected chi connectivity index (χ3v) is 3.37. The van der Waals surface area contributed by atoms with Crippen LogP contribution < -0.4 is 0 Å². The van der Waals surface area contributed by atoms with Crippen LogP contribution in [0.3, 0.4) is 0 Å². The van der Waals surface area contributed by atoms with E-state index >= 15 is 0 Å². The minimum Gasteiger partial charge on any atom is -0.294 e. The number of halogens is 2. The summed E-state index contributed by atoms with van der Waals surface area (Å²) in [6.07, 6.45) is 0.335. The van der Waals surface area contributed by atoms with E-state index in [9.17, 15) is 4.79 Å². The molecule has 2 aromatic rings. The summed E-state index contributed by atoms with van der Waals surface area (Å²) in [5.74, 6) is 0.0746. The highest BCUT2D eigenvalue weighted by Crippen LogP contribution is 2.18. The lowest BCUT2D eigenvalue weighted by Gasteiger charge is -2.03. The molecule has 2 rings (SSSR count). The Bertz CT molecular complexity index is 534. The largest absolute Gasteiger partial charge is 0.294 e. The van der Waals surface area contributed by atoms with Crippen molar-refractivity contribution in [1.29, 1.82) is 0 Å². The van der Waals surface area contributed by atoms with Gasteiger partial charge in [0.15, 0.2) is 5.78 Å². The Kier molecular flexibility index (Phi) is 3.97. The van der Waals surface area contributed by atoms with Crippen LogP contribution >= 0.6 is 27.5 Å². The highest BCUT2D eigenvalue weighted by Gasteiger charge is 2.08. The van der Waals surface area contributed by atoms with E-state index in [4.69, 9.17) is 11.6 Å². The molecule has 0 aliphatic heterocycles. The van der Waals surface area contributed by atoms with E-state index in [1.807, 2.05) is 42.5 Å². The Morgan fingerprint density at radius 3 is 2.35 bits per heavy atom. The summed E-state index contributed by atoms with van der Waals surface area (Å²) in [5.41, 5.74) is 1.57. The highest BCUT2D eigenvalue weighted by molar-refractivity contribution is 9.10. The number of ketones is 1. The van der Waals surface area contributed by atoms with Crippen molar-refractivity contribution in [1.82, 2.24) is 0 Å². The molecule has 0 aromatic heterocycles. The Morgan fingerprint density at radius 1 is 1.06 bits per heavy atom. The molecule has 0 amide bonds. The predicted octanol–water partition coefficient (Wildman–Crippen LogP) is 4.53. The predicted molar refractivity (Wildman–Crippen MR) is 73.6 cm³/mol. The Hall–Kier alpha value is -1.12. The van der Waals surface area contributed by atoms with Crippen molar-refractivity contribution >= 4 is 33.3 Å². The van der Waals surface area contributed by atoms with Crippen molar-refractivity contribution in [3.05, 3.63) is 69.2 Å². The van der Waals surface area contributed by atoms with Gasteiger partial charge < -0.3 is 0 Å². The molecule has 0 fully saturated rings. The van der Waals surface area contributed by atoms with Crippen LogP contribution in [0, 0.1) is 0 Å². The Balaban J connectivity index is 2.17. The topological polar surface area (TPSA) is 17.1 Å². The summed E-state index contributed by atoms with van der Waals surface area (Å²) in [6, 6.07) is 14.8. The fourth-order valence-electron chi connectivity index (χ4n) is 1.55. The van der Waals surface area contributed by atoms with Crippen molar-refractivity contribution in [3.8, 4) is 0 Å². The second-order valence-corrected chi connectivity index (χ2v) is 5.02. The van der Waals surface area contributed by atoms with Crippen LogP contribution in [0.25, 0.3) is 0 Å². The van der Waals surface area contributed by atoms with Crippen LogP contribution in [0.2, 0.25) is 5.02 Å². The van der Waals surface area contributed by atoms with Crippen LogP contribution in [0.15, 0.2) is 53.0 Å². The number of rotatable bonds is 3. The number of carbonyl (C=O) groups excluding carboxylic acids is 1. The van der Waals surface area contributed by atoms with Gasteiger partial charge in [0.05, 0.1) is 0 Å². The average Bonchev–Trinajstić information content (AvgIpc) is 2.33. The minimum absolute atomic E-state index is 0.0746. The fourth-order valence-corrected chi connectivity index (χ4v) is 2.02. The van der Waals surface area contributed by atoms with Crippen LogP contribution in [0.5, 0.6) is 0 Å². The summed E-state index contributed by atoms with van der Waals surface area (Å²) in [7, 11) is 0. The number of carbonyl (C=O) groups is 1. The first-order chi connectivity index (χ1) is 8.16. The van der Waals surface area contributed by atoms with Crippen molar-refractivity contribution in [2.45, 2.75) is 6.42 Å². The zero-order valence-corrected chi connectivity index (χ0v) is 11.3. The monoisotopic (exact) mass is 308 g/mol. The molecule has 0 saturated heterocycles. The van der Waals surface area contributed by atoms with Crippen molar-refractivity contribution in [2.75, 3.05) is 0 Å². The lowest BCUT2D eigenvalue weighted by Crippen LogP contribution is -2.03. The molecule has 0 aliphatic rings. The fraction of sp³-hybridized carbons (Fsp3) is 0.0714. The van der Waals surface area contributed by atoms with Gasteiger partial charge in [-0.05, 0) is 23.8 Å². The zero-order chi connectivity index (χ0) is 12.3. The molecular weight excluding hydrogens is 300 g/mol. The normalized spacial score (nSPS) is 10.2. The Labute approximate surface area is 114 Å². The molecule has 0 N–H and O–H groups in total. The van der Waals surface area contributed by atoms with Gasteiger partial charge in [0.2, 0.25) is 0 Å². The van der Waals surface area contributed by atoms with E-state index in [1.54, 1.807) is 6.07 Å². The van der Waals surface area contributed by atoms with Crippen LogP contribution in [0.4, 0.5) is 0 Å². The first-order valence-corrected chi connectivity index (χ1v) is 6.36. The molecule has 0 aliphatic carbocycles. The summed E-state index contributed by atoms with van der Waals surface area (Å²) < 4.78 is 0.965. The number of hydrogen-bond acceptors (Lipinski definition) is 1. The van der Waals surface area contributed by atoms with Gasteiger partial charge in [-0.2, -0.15) is 0 Å². The zero-order valence-electron chi connectivity index (χ0n) is 8.99. The molecule has 17 heavy (non-hydrogen) atoms. The first-order valence-electron chi connectivity index (χ1n) is 5.19. The van der Waals surface area contributed by atoms with Crippen LogP contribution in [-0.2, 0) is 6.42 Å². The van der Waals surface area contributed by atoms with Gasteiger partial charge in [0.1, 0.15) is 0 Å². The van der Waals surface area contributed by atoms with Gasteiger partial charge in [-0.3, -0.25) is 4.79 Å². The van der Waals surface area contributed by atoms with Gasteiger partial charge in [-0.25, -0.2) is 0 Å². The molecule has 0 bridgehead atoms. The molecular formula is C14H10BrClO. The average molecular weight is 310 g/mol. The van der Waals surface area contributed by atoms with E-state index in [-0.39, 0.29) is 5.78 Å². The van der Waals surface area contributed by atoms with Gasteiger partial charge in [0.25, 0.3) is 0 Å². The van der Waals surface area contributed by atoms with E-state index < -0.39 is 0 Å². The summed E-state index contributed by atoms with van der Waals surface area (Å²) in [4.78, 5) is 12.0. The molecule has 3 heteroatoms. The number of Topliss-reactive ketones (excluding diaryl/α,β-unsaturated/α-hetero) is 1. The molecule has 0 spiro atoms. The number of hydrogen-bond donors (Lipinski definition) is 0. The lowest BCUT2D eigenvalue weighted by molar-refractivity contribution is 0.0993. The maximum atomic E-state index is 12.0. The first kappa shape index (κ1) is 12.3. The third-order valence-electron chi connectivity index (χ3n) is 2.48. The van der Waals surface area contributed by atoms with E-state index in [1.165, 1.54) is 0 Å².